The van der Waals surface area contributed by atoms with Crippen LogP contribution in [0.3, 0.4) is 0 Å². The van der Waals surface area contributed by atoms with Gasteiger partial charge in [-0.2, -0.15) is 0 Å². The van der Waals surface area contributed by atoms with Crippen LogP contribution in [-0.2, 0) is 12.0 Å². The van der Waals surface area contributed by atoms with Crippen molar-refractivity contribution >= 4 is 11.7 Å². The summed E-state index contributed by atoms with van der Waals surface area (Å²) in [6.45, 7) is 6.81. The average Bonchev–Trinajstić information content (AvgIpc) is 2.44. The predicted molar refractivity (Wildman–Crippen MR) is 83.6 cm³/mol. The first-order chi connectivity index (χ1) is 10.3. The number of carboxylic acid groups (broad SMARTS) is 1. The molecule has 0 unspecified atom stereocenters. The van der Waals surface area contributed by atoms with Gasteiger partial charge in [0, 0.05) is 12.6 Å². The Morgan fingerprint density at radius 2 is 1.91 bits per heavy atom. The standard InChI is InChI=1S/C17H19FN2O2/c1-17(2,3)12-6-4-11(5-7-12)9-19-14-8-13(18)10-20-15(14)16(21)22/h4-8,10,19H,9H2,1-3H3,(H,21,22). The van der Waals surface area contributed by atoms with Crippen molar-refractivity contribution in [2.24, 2.45) is 0 Å². The van der Waals surface area contributed by atoms with E-state index in [0.717, 1.165) is 17.8 Å². The summed E-state index contributed by atoms with van der Waals surface area (Å²) >= 11 is 0. The van der Waals surface area contributed by atoms with Crippen molar-refractivity contribution in [2.45, 2.75) is 32.7 Å². The Labute approximate surface area is 129 Å². The summed E-state index contributed by atoms with van der Waals surface area (Å²) < 4.78 is 13.2. The lowest BCUT2D eigenvalue weighted by atomic mass is 9.87. The number of pyridine rings is 1. The molecule has 0 bridgehead atoms. The minimum Gasteiger partial charge on any atom is -0.476 e. The van der Waals surface area contributed by atoms with Crippen molar-refractivity contribution in [1.29, 1.82) is 0 Å². The molecule has 2 aromatic rings. The van der Waals surface area contributed by atoms with Gasteiger partial charge < -0.3 is 10.4 Å². The number of halogens is 1. The first-order valence-corrected chi connectivity index (χ1v) is 6.99. The highest BCUT2D eigenvalue weighted by Gasteiger charge is 2.14. The maximum Gasteiger partial charge on any atom is 0.356 e. The number of benzene rings is 1. The third kappa shape index (κ3) is 3.81. The average molecular weight is 302 g/mol. The molecule has 0 saturated heterocycles. The van der Waals surface area contributed by atoms with Crippen molar-refractivity contribution in [2.75, 3.05) is 5.32 Å². The van der Waals surface area contributed by atoms with Crippen molar-refractivity contribution < 1.29 is 14.3 Å². The zero-order chi connectivity index (χ0) is 16.3. The number of nitrogens with zero attached hydrogens (tertiary/aromatic N) is 1. The predicted octanol–water partition coefficient (Wildman–Crippen LogP) is 3.83. The molecule has 0 aliphatic heterocycles. The maximum atomic E-state index is 13.2. The van der Waals surface area contributed by atoms with Gasteiger partial charge in [0.15, 0.2) is 5.69 Å². The largest absolute Gasteiger partial charge is 0.476 e. The SMILES string of the molecule is CC(C)(C)c1ccc(CNc2cc(F)cnc2C(=O)O)cc1. The molecule has 2 N–H and O–H groups in total. The molecule has 0 radical (unpaired) electrons. The lowest BCUT2D eigenvalue weighted by molar-refractivity contribution is 0.0691. The fourth-order valence-electron chi connectivity index (χ4n) is 2.06. The lowest BCUT2D eigenvalue weighted by Gasteiger charge is -2.19. The monoisotopic (exact) mass is 302 g/mol. The summed E-state index contributed by atoms with van der Waals surface area (Å²) in [4.78, 5) is 14.7. The molecule has 0 saturated carbocycles. The second-order valence-electron chi connectivity index (χ2n) is 6.16. The molecule has 4 nitrogen and oxygen atoms in total. The number of anilines is 1. The molecule has 116 valence electrons. The maximum absolute atomic E-state index is 13.2. The van der Waals surface area contributed by atoms with Crippen molar-refractivity contribution in [3.63, 3.8) is 0 Å². The van der Waals surface area contributed by atoms with Crippen LogP contribution in [0.5, 0.6) is 0 Å². The molecule has 0 amide bonds. The summed E-state index contributed by atoms with van der Waals surface area (Å²) in [7, 11) is 0. The number of carbonyl (C=O) groups is 1. The molecule has 1 aromatic carbocycles. The smallest absolute Gasteiger partial charge is 0.356 e. The molecule has 0 aliphatic carbocycles. The summed E-state index contributed by atoms with van der Waals surface area (Å²) in [6.07, 6.45) is 0.896. The van der Waals surface area contributed by atoms with Gasteiger partial charge in [0.1, 0.15) is 5.82 Å². The highest BCUT2D eigenvalue weighted by Crippen LogP contribution is 2.22. The van der Waals surface area contributed by atoms with Gasteiger partial charge in [-0.1, -0.05) is 45.0 Å². The van der Waals surface area contributed by atoms with E-state index in [2.05, 4.69) is 31.1 Å². The Balaban J connectivity index is 2.13. The van der Waals surface area contributed by atoms with Crippen LogP contribution >= 0.6 is 0 Å². The summed E-state index contributed by atoms with van der Waals surface area (Å²) in [5.41, 5.74) is 2.26. The topological polar surface area (TPSA) is 62.2 Å². The Morgan fingerprint density at radius 3 is 2.45 bits per heavy atom. The van der Waals surface area contributed by atoms with Gasteiger partial charge in [-0.15, -0.1) is 0 Å². The number of aromatic carboxylic acids is 1. The quantitative estimate of drug-likeness (QED) is 0.901. The molecular formula is C17H19FN2O2. The van der Waals surface area contributed by atoms with E-state index < -0.39 is 11.8 Å². The third-order valence-electron chi connectivity index (χ3n) is 3.36. The Morgan fingerprint density at radius 1 is 1.27 bits per heavy atom. The van der Waals surface area contributed by atoms with E-state index >= 15 is 0 Å². The summed E-state index contributed by atoms with van der Waals surface area (Å²) in [6, 6.07) is 9.17. The molecule has 0 atom stereocenters. The van der Waals surface area contributed by atoms with E-state index in [0.29, 0.717) is 6.54 Å². The molecule has 22 heavy (non-hydrogen) atoms. The zero-order valence-corrected chi connectivity index (χ0v) is 12.9. The Hall–Kier alpha value is -2.43. The number of aromatic nitrogens is 1. The molecule has 1 heterocycles. The van der Waals surface area contributed by atoms with Crippen LogP contribution in [0.25, 0.3) is 0 Å². The van der Waals surface area contributed by atoms with Gasteiger partial charge in [0.2, 0.25) is 0 Å². The van der Waals surface area contributed by atoms with Crippen molar-refractivity contribution in [1.82, 2.24) is 4.98 Å². The van der Waals surface area contributed by atoms with Crippen LogP contribution in [0.2, 0.25) is 0 Å². The highest BCUT2D eigenvalue weighted by atomic mass is 19.1. The van der Waals surface area contributed by atoms with Crippen LogP contribution in [0, 0.1) is 5.82 Å². The first-order valence-electron chi connectivity index (χ1n) is 6.99. The van der Waals surface area contributed by atoms with Crippen LogP contribution in [0.1, 0.15) is 42.4 Å². The fourth-order valence-corrected chi connectivity index (χ4v) is 2.06. The van der Waals surface area contributed by atoms with Gasteiger partial charge in [-0.25, -0.2) is 14.2 Å². The summed E-state index contributed by atoms with van der Waals surface area (Å²) in [5.74, 6) is -1.76. The van der Waals surface area contributed by atoms with Crippen LogP contribution < -0.4 is 5.32 Å². The molecular weight excluding hydrogens is 283 g/mol. The van der Waals surface area contributed by atoms with Gasteiger partial charge in [0.05, 0.1) is 11.9 Å². The first kappa shape index (κ1) is 15.9. The molecule has 5 heteroatoms. The number of hydrogen-bond acceptors (Lipinski definition) is 3. The highest BCUT2D eigenvalue weighted by molar-refractivity contribution is 5.91. The normalized spacial score (nSPS) is 11.3. The van der Waals surface area contributed by atoms with Crippen molar-refractivity contribution in [3.8, 4) is 0 Å². The Kier molecular flexibility index (Phi) is 4.45. The van der Waals surface area contributed by atoms with E-state index in [4.69, 9.17) is 5.11 Å². The third-order valence-corrected chi connectivity index (χ3v) is 3.36. The molecule has 0 aliphatic rings. The lowest BCUT2D eigenvalue weighted by Crippen LogP contribution is -2.11. The fraction of sp³-hybridized carbons (Fsp3) is 0.294. The van der Waals surface area contributed by atoms with E-state index in [1.165, 1.54) is 5.56 Å². The molecule has 1 aromatic heterocycles. The number of hydrogen-bond donors (Lipinski definition) is 2. The van der Waals surface area contributed by atoms with Crippen LogP contribution in [-0.4, -0.2) is 16.1 Å². The number of carboxylic acids is 1. The second-order valence-corrected chi connectivity index (χ2v) is 6.16. The Bertz CT molecular complexity index is 676. The van der Waals surface area contributed by atoms with Crippen LogP contribution in [0.4, 0.5) is 10.1 Å². The minimum absolute atomic E-state index is 0.0783. The zero-order valence-electron chi connectivity index (χ0n) is 12.9. The van der Waals surface area contributed by atoms with E-state index in [-0.39, 0.29) is 16.8 Å². The van der Waals surface area contributed by atoms with Gasteiger partial charge in [-0.05, 0) is 16.5 Å². The number of nitrogens with one attached hydrogen (secondary N) is 1. The summed E-state index contributed by atoms with van der Waals surface area (Å²) in [5, 5.41) is 12.0. The van der Waals surface area contributed by atoms with Crippen LogP contribution in [0.15, 0.2) is 36.5 Å². The molecule has 0 fully saturated rings. The molecule has 0 spiro atoms. The van der Waals surface area contributed by atoms with Gasteiger partial charge in [-0.3, -0.25) is 0 Å². The van der Waals surface area contributed by atoms with Gasteiger partial charge >= 0.3 is 5.97 Å². The molecule has 2 rings (SSSR count). The van der Waals surface area contributed by atoms with E-state index in [9.17, 15) is 9.18 Å². The number of rotatable bonds is 4. The van der Waals surface area contributed by atoms with E-state index in [1.807, 2.05) is 24.3 Å². The second kappa shape index (κ2) is 6.13. The van der Waals surface area contributed by atoms with Gasteiger partial charge in [0.25, 0.3) is 0 Å². The minimum atomic E-state index is -1.19. The van der Waals surface area contributed by atoms with Crippen molar-refractivity contribution in [3.05, 3.63) is 59.2 Å². The van der Waals surface area contributed by atoms with E-state index in [1.54, 1.807) is 0 Å².